The van der Waals surface area contributed by atoms with Crippen LogP contribution in [0.4, 0.5) is 17.1 Å². The first-order valence-corrected chi connectivity index (χ1v) is 8.06. The maximum atomic E-state index is 12.4. The molecule has 122 valence electrons. The lowest BCUT2D eigenvalue weighted by Crippen LogP contribution is -2.23. The second-order valence-corrected chi connectivity index (χ2v) is 5.79. The van der Waals surface area contributed by atoms with Crippen molar-refractivity contribution in [2.75, 3.05) is 29.0 Å². The van der Waals surface area contributed by atoms with E-state index in [1.807, 2.05) is 31.2 Å². The minimum atomic E-state index is -0.189. The SMILES string of the molecule is CCN(CC)c1cc(NC(=O)c2cccc(C)c2)c(Cl)cc1N. The summed E-state index contributed by atoms with van der Waals surface area (Å²) in [7, 11) is 0. The minimum Gasteiger partial charge on any atom is -0.397 e. The summed E-state index contributed by atoms with van der Waals surface area (Å²) in [6, 6.07) is 10.9. The smallest absolute Gasteiger partial charge is 0.255 e. The summed E-state index contributed by atoms with van der Waals surface area (Å²) in [6.07, 6.45) is 0. The zero-order chi connectivity index (χ0) is 17.0. The Labute approximate surface area is 142 Å². The highest BCUT2D eigenvalue weighted by atomic mass is 35.5. The number of benzene rings is 2. The lowest BCUT2D eigenvalue weighted by Gasteiger charge is -2.24. The molecule has 2 aromatic carbocycles. The Bertz CT molecular complexity index is 711. The van der Waals surface area contributed by atoms with Crippen molar-refractivity contribution in [1.29, 1.82) is 0 Å². The maximum Gasteiger partial charge on any atom is 0.255 e. The molecule has 2 aromatic rings. The van der Waals surface area contributed by atoms with Crippen LogP contribution in [0.2, 0.25) is 5.02 Å². The summed E-state index contributed by atoms with van der Waals surface area (Å²) < 4.78 is 0. The first-order chi connectivity index (χ1) is 11.0. The van der Waals surface area contributed by atoms with E-state index in [9.17, 15) is 4.79 Å². The van der Waals surface area contributed by atoms with Gasteiger partial charge >= 0.3 is 0 Å². The van der Waals surface area contributed by atoms with Gasteiger partial charge in [0, 0.05) is 18.7 Å². The van der Waals surface area contributed by atoms with Crippen LogP contribution in [0, 0.1) is 6.92 Å². The average Bonchev–Trinajstić information content (AvgIpc) is 2.52. The van der Waals surface area contributed by atoms with Gasteiger partial charge in [-0.2, -0.15) is 0 Å². The topological polar surface area (TPSA) is 58.4 Å². The highest BCUT2D eigenvalue weighted by Crippen LogP contribution is 2.33. The molecule has 3 N–H and O–H groups in total. The van der Waals surface area contributed by atoms with Crippen molar-refractivity contribution in [2.24, 2.45) is 0 Å². The molecule has 0 aromatic heterocycles. The predicted octanol–water partition coefficient (Wildman–Crippen LogP) is 4.33. The number of hydrogen-bond donors (Lipinski definition) is 2. The van der Waals surface area contributed by atoms with Crippen LogP contribution in [0.1, 0.15) is 29.8 Å². The van der Waals surface area contributed by atoms with Crippen molar-refractivity contribution in [2.45, 2.75) is 20.8 Å². The first-order valence-electron chi connectivity index (χ1n) is 7.68. The molecule has 0 unspecified atom stereocenters. The van der Waals surface area contributed by atoms with Crippen LogP contribution in [-0.2, 0) is 0 Å². The van der Waals surface area contributed by atoms with E-state index in [1.165, 1.54) is 0 Å². The number of nitrogens with one attached hydrogen (secondary N) is 1. The summed E-state index contributed by atoms with van der Waals surface area (Å²) in [6.45, 7) is 7.72. The zero-order valence-corrected chi connectivity index (χ0v) is 14.4. The largest absolute Gasteiger partial charge is 0.397 e. The molecule has 2 rings (SSSR count). The molecule has 0 radical (unpaired) electrons. The van der Waals surface area contributed by atoms with Crippen LogP contribution in [0.25, 0.3) is 0 Å². The van der Waals surface area contributed by atoms with Crippen molar-refractivity contribution in [3.63, 3.8) is 0 Å². The highest BCUT2D eigenvalue weighted by Gasteiger charge is 2.14. The Kier molecular flexibility index (Phi) is 5.50. The lowest BCUT2D eigenvalue weighted by molar-refractivity contribution is 0.102. The van der Waals surface area contributed by atoms with E-state index in [2.05, 4.69) is 24.1 Å². The van der Waals surface area contributed by atoms with E-state index in [4.69, 9.17) is 17.3 Å². The van der Waals surface area contributed by atoms with Crippen molar-refractivity contribution in [3.8, 4) is 0 Å². The van der Waals surface area contributed by atoms with Gasteiger partial charge in [0.2, 0.25) is 0 Å². The number of aryl methyl sites for hydroxylation is 1. The van der Waals surface area contributed by atoms with Gasteiger partial charge in [0.05, 0.1) is 22.1 Å². The van der Waals surface area contributed by atoms with Crippen molar-refractivity contribution in [1.82, 2.24) is 0 Å². The van der Waals surface area contributed by atoms with E-state index in [0.717, 1.165) is 24.3 Å². The number of amides is 1. The predicted molar refractivity (Wildman–Crippen MR) is 98.6 cm³/mol. The Hall–Kier alpha value is -2.20. The summed E-state index contributed by atoms with van der Waals surface area (Å²) >= 11 is 6.24. The molecule has 0 saturated carbocycles. The molecular weight excluding hydrogens is 310 g/mol. The Morgan fingerprint density at radius 1 is 1.22 bits per heavy atom. The summed E-state index contributed by atoms with van der Waals surface area (Å²) in [5.74, 6) is -0.189. The van der Waals surface area contributed by atoms with Gasteiger partial charge in [0.25, 0.3) is 5.91 Å². The number of carbonyl (C=O) groups is 1. The number of nitrogen functional groups attached to an aromatic ring is 1. The second kappa shape index (κ2) is 7.38. The van der Waals surface area contributed by atoms with E-state index in [1.54, 1.807) is 12.1 Å². The normalized spacial score (nSPS) is 10.4. The Morgan fingerprint density at radius 3 is 2.52 bits per heavy atom. The highest BCUT2D eigenvalue weighted by molar-refractivity contribution is 6.34. The lowest BCUT2D eigenvalue weighted by atomic mass is 10.1. The van der Waals surface area contributed by atoms with Crippen LogP contribution < -0.4 is 16.0 Å². The molecule has 5 heteroatoms. The molecule has 0 atom stereocenters. The quantitative estimate of drug-likeness (QED) is 0.802. The number of rotatable bonds is 5. The van der Waals surface area contributed by atoms with Crippen LogP contribution in [0.15, 0.2) is 36.4 Å². The molecule has 0 aliphatic carbocycles. The third-order valence-electron chi connectivity index (χ3n) is 3.75. The van der Waals surface area contributed by atoms with Gasteiger partial charge in [-0.05, 0) is 45.0 Å². The molecule has 0 heterocycles. The van der Waals surface area contributed by atoms with E-state index >= 15 is 0 Å². The van der Waals surface area contributed by atoms with Gasteiger partial charge in [0.15, 0.2) is 0 Å². The number of halogens is 1. The Balaban J connectivity index is 2.32. The van der Waals surface area contributed by atoms with Crippen molar-refractivity contribution in [3.05, 3.63) is 52.5 Å². The monoisotopic (exact) mass is 331 g/mol. The summed E-state index contributed by atoms with van der Waals surface area (Å²) in [5.41, 5.74) is 9.74. The van der Waals surface area contributed by atoms with E-state index in [0.29, 0.717) is 22.0 Å². The van der Waals surface area contributed by atoms with Gasteiger partial charge in [-0.25, -0.2) is 0 Å². The molecule has 0 aliphatic rings. The fourth-order valence-electron chi connectivity index (χ4n) is 2.49. The number of nitrogens with zero attached hydrogens (tertiary/aromatic N) is 1. The molecule has 4 nitrogen and oxygen atoms in total. The van der Waals surface area contributed by atoms with Gasteiger partial charge in [-0.1, -0.05) is 29.3 Å². The van der Waals surface area contributed by atoms with Crippen LogP contribution in [0.5, 0.6) is 0 Å². The van der Waals surface area contributed by atoms with Gasteiger partial charge < -0.3 is 16.0 Å². The van der Waals surface area contributed by atoms with E-state index in [-0.39, 0.29) is 5.91 Å². The number of hydrogen-bond acceptors (Lipinski definition) is 3. The van der Waals surface area contributed by atoms with Gasteiger partial charge in [-0.15, -0.1) is 0 Å². The van der Waals surface area contributed by atoms with E-state index < -0.39 is 0 Å². The third kappa shape index (κ3) is 3.96. The van der Waals surface area contributed by atoms with Crippen molar-refractivity contribution < 1.29 is 4.79 Å². The maximum absolute atomic E-state index is 12.4. The fraction of sp³-hybridized carbons (Fsp3) is 0.278. The molecule has 0 saturated heterocycles. The molecule has 1 amide bonds. The molecule has 0 fully saturated rings. The molecule has 0 bridgehead atoms. The van der Waals surface area contributed by atoms with Crippen LogP contribution in [-0.4, -0.2) is 19.0 Å². The number of carbonyl (C=O) groups excluding carboxylic acids is 1. The Morgan fingerprint density at radius 2 is 1.91 bits per heavy atom. The first kappa shape index (κ1) is 17.2. The van der Waals surface area contributed by atoms with Crippen molar-refractivity contribution >= 4 is 34.6 Å². The zero-order valence-electron chi connectivity index (χ0n) is 13.7. The average molecular weight is 332 g/mol. The fourth-order valence-corrected chi connectivity index (χ4v) is 2.71. The molecular formula is C18H22ClN3O. The third-order valence-corrected chi connectivity index (χ3v) is 4.06. The summed E-state index contributed by atoms with van der Waals surface area (Å²) in [5, 5.41) is 3.30. The number of nitrogens with two attached hydrogens (primary N) is 1. The molecule has 23 heavy (non-hydrogen) atoms. The number of anilines is 3. The molecule has 0 spiro atoms. The van der Waals surface area contributed by atoms with Crippen LogP contribution >= 0.6 is 11.6 Å². The van der Waals surface area contributed by atoms with Gasteiger partial charge in [0.1, 0.15) is 0 Å². The second-order valence-electron chi connectivity index (χ2n) is 5.39. The van der Waals surface area contributed by atoms with Gasteiger partial charge in [-0.3, -0.25) is 4.79 Å². The van der Waals surface area contributed by atoms with Crippen LogP contribution in [0.3, 0.4) is 0 Å². The minimum absolute atomic E-state index is 0.189. The summed E-state index contributed by atoms with van der Waals surface area (Å²) in [4.78, 5) is 14.5. The molecule has 0 aliphatic heterocycles. The standard InChI is InChI=1S/C18H22ClN3O/c1-4-22(5-2)17-11-16(14(19)10-15(17)20)21-18(23)13-8-6-7-12(3)9-13/h6-11H,4-5,20H2,1-3H3,(H,21,23).